The molecular formula is C32H48N4O8. The molecule has 1 heterocycles. The Balaban J connectivity index is 2.60. The molecule has 44 heavy (non-hydrogen) atoms. The number of ether oxygens (including phenoxy) is 2. The standard InChI is InChI=1S/C32H48N4O8/c1-18-14-22-28(33-12-13-36(5)6)24(37)17-23(30(22)39)34-31(40)19(2)10-9-11-25(43-7)27(35-32(41)42)20(3)16-21(4)29(38)26(15-18)44-8/h9-11,16-18,21,25-27,29,33,35,38H,12-15H2,1-8H3,(H,34,40)(H,41,42)/t18-,21+,25+,26+,27+,29-/m1/s1. The van der Waals surface area contributed by atoms with Gasteiger partial charge in [0, 0.05) is 50.4 Å². The summed E-state index contributed by atoms with van der Waals surface area (Å²) in [4.78, 5) is 53.6. The predicted molar refractivity (Wildman–Crippen MR) is 167 cm³/mol. The smallest absolute Gasteiger partial charge is 0.405 e. The third kappa shape index (κ3) is 10.3. The maximum atomic E-state index is 13.7. The average Bonchev–Trinajstić information content (AvgIpc) is 2.95. The van der Waals surface area contributed by atoms with Crippen molar-refractivity contribution in [2.75, 3.05) is 41.4 Å². The second-order valence-corrected chi connectivity index (χ2v) is 11.7. The molecule has 0 aromatic carbocycles. The van der Waals surface area contributed by atoms with Crippen molar-refractivity contribution >= 4 is 23.6 Å². The maximum absolute atomic E-state index is 13.7. The topological polar surface area (TPSA) is 167 Å². The number of nitrogens with one attached hydrogen (secondary N) is 3. The number of methoxy groups -OCH3 is 2. The van der Waals surface area contributed by atoms with Crippen LogP contribution in [-0.4, -0.2) is 104 Å². The number of nitrogens with zero attached hydrogens (tertiary/aromatic N) is 1. The third-order valence-electron chi connectivity index (χ3n) is 7.76. The van der Waals surface area contributed by atoms with E-state index in [2.05, 4.69) is 16.0 Å². The molecule has 244 valence electrons. The monoisotopic (exact) mass is 616 g/mol. The van der Waals surface area contributed by atoms with Gasteiger partial charge < -0.3 is 40.5 Å². The normalized spacial score (nSPS) is 27.9. The van der Waals surface area contributed by atoms with Crippen LogP contribution in [0, 0.1) is 11.8 Å². The Morgan fingerprint density at radius 2 is 1.82 bits per heavy atom. The SMILES string of the molecule is CO[C@H]1C=CC=C(C)C(=O)NC2=CC(=O)C(NCCN(C)C)=C(C[C@@H](C)C[C@H](OC)[C@H](O)[C@@H](C)C=C(C)[C@@H]1NC(=O)O)C2=O. The summed E-state index contributed by atoms with van der Waals surface area (Å²) in [5.41, 5.74) is 1.22. The second-order valence-electron chi connectivity index (χ2n) is 11.7. The van der Waals surface area contributed by atoms with Crippen LogP contribution in [0.2, 0.25) is 0 Å². The summed E-state index contributed by atoms with van der Waals surface area (Å²) in [6.45, 7) is 8.08. The highest BCUT2D eigenvalue weighted by atomic mass is 16.5. The van der Waals surface area contributed by atoms with E-state index in [0.717, 1.165) is 6.08 Å². The molecule has 2 amide bonds. The predicted octanol–water partition coefficient (Wildman–Crippen LogP) is 2.09. The highest BCUT2D eigenvalue weighted by Crippen LogP contribution is 2.28. The summed E-state index contributed by atoms with van der Waals surface area (Å²) in [7, 11) is 6.73. The van der Waals surface area contributed by atoms with E-state index < -0.39 is 53.8 Å². The molecular weight excluding hydrogens is 568 g/mol. The van der Waals surface area contributed by atoms with Crippen LogP contribution in [0.1, 0.15) is 40.5 Å². The minimum Gasteiger partial charge on any atom is -0.465 e. The first-order chi connectivity index (χ1) is 20.7. The average molecular weight is 617 g/mol. The molecule has 0 radical (unpaired) electrons. The zero-order valence-corrected chi connectivity index (χ0v) is 27.0. The van der Waals surface area contributed by atoms with Gasteiger partial charge in [-0.05, 0) is 46.7 Å². The molecule has 12 nitrogen and oxygen atoms in total. The van der Waals surface area contributed by atoms with Crippen molar-refractivity contribution in [3.8, 4) is 0 Å². The lowest BCUT2D eigenvalue weighted by Gasteiger charge is -2.30. The van der Waals surface area contributed by atoms with Crippen molar-refractivity contribution in [3.05, 3.63) is 58.5 Å². The van der Waals surface area contributed by atoms with E-state index in [9.17, 15) is 29.4 Å². The van der Waals surface area contributed by atoms with Gasteiger partial charge in [-0.2, -0.15) is 0 Å². The van der Waals surface area contributed by atoms with Gasteiger partial charge in [-0.1, -0.05) is 43.7 Å². The molecule has 0 saturated carbocycles. The zero-order valence-electron chi connectivity index (χ0n) is 27.0. The number of likely N-dealkylation sites (N-methyl/N-ethyl adjacent to an activating group) is 1. The Hall–Kier alpha value is -3.58. The van der Waals surface area contributed by atoms with E-state index in [4.69, 9.17) is 9.47 Å². The van der Waals surface area contributed by atoms with E-state index >= 15 is 0 Å². The minimum absolute atomic E-state index is 0.118. The Kier molecular flexibility index (Phi) is 14.2. The van der Waals surface area contributed by atoms with Crippen molar-refractivity contribution in [2.24, 2.45) is 11.8 Å². The molecule has 6 atom stereocenters. The molecule has 2 aliphatic rings. The van der Waals surface area contributed by atoms with Gasteiger partial charge in [-0.15, -0.1) is 0 Å². The van der Waals surface area contributed by atoms with Crippen LogP contribution in [0.25, 0.3) is 0 Å². The van der Waals surface area contributed by atoms with Crippen LogP contribution in [0.3, 0.4) is 0 Å². The highest BCUT2D eigenvalue weighted by molar-refractivity contribution is 6.23. The number of ketones is 2. The lowest BCUT2D eigenvalue weighted by atomic mass is 9.85. The van der Waals surface area contributed by atoms with Crippen molar-refractivity contribution in [1.82, 2.24) is 20.9 Å². The highest BCUT2D eigenvalue weighted by Gasteiger charge is 2.33. The summed E-state index contributed by atoms with van der Waals surface area (Å²) in [5.74, 6) is -2.08. The molecule has 2 rings (SSSR count). The van der Waals surface area contributed by atoms with E-state index in [-0.39, 0.29) is 34.9 Å². The number of hydrogen-bond acceptors (Lipinski definition) is 9. The number of allylic oxidation sites excluding steroid dienone is 4. The molecule has 1 aliphatic carbocycles. The third-order valence-corrected chi connectivity index (χ3v) is 7.76. The number of aliphatic hydroxyl groups excluding tert-OH is 1. The zero-order chi connectivity index (χ0) is 33.1. The van der Waals surface area contributed by atoms with Crippen LogP contribution in [0.15, 0.2) is 58.5 Å². The largest absolute Gasteiger partial charge is 0.465 e. The molecule has 5 N–H and O–H groups in total. The van der Waals surface area contributed by atoms with Crippen molar-refractivity contribution in [2.45, 2.75) is 64.9 Å². The summed E-state index contributed by atoms with van der Waals surface area (Å²) in [6.07, 6.45) is 4.56. The van der Waals surface area contributed by atoms with Gasteiger partial charge >= 0.3 is 6.09 Å². The number of aliphatic hydroxyl groups is 1. The van der Waals surface area contributed by atoms with Gasteiger partial charge in [-0.25, -0.2) is 4.79 Å². The van der Waals surface area contributed by atoms with Crippen LogP contribution >= 0.6 is 0 Å². The van der Waals surface area contributed by atoms with Crippen LogP contribution < -0.4 is 16.0 Å². The molecule has 2 bridgehead atoms. The fourth-order valence-corrected chi connectivity index (χ4v) is 5.26. The molecule has 0 fully saturated rings. The number of carbonyl (C=O) groups is 4. The van der Waals surface area contributed by atoms with Gasteiger partial charge in [0.15, 0.2) is 0 Å². The molecule has 0 spiro atoms. The van der Waals surface area contributed by atoms with Crippen LogP contribution in [-0.2, 0) is 23.9 Å². The molecule has 0 unspecified atom stereocenters. The van der Waals surface area contributed by atoms with Gasteiger partial charge in [0.25, 0.3) is 5.91 Å². The summed E-state index contributed by atoms with van der Waals surface area (Å²) < 4.78 is 11.2. The van der Waals surface area contributed by atoms with Crippen molar-refractivity contribution in [3.63, 3.8) is 0 Å². The second kappa shape index (κ2) is 17.0. The number of carboxylic acid groups (broad SMARTS) is 1. The van der Waals surface area contributed by atoms with Gasteiger partial charge in [0.2, 0.25) is 11.6 Å². The molecule has 0 aromatic rings. The van der Waals surface area contributed by atoms with E-state index in [1.807, 2.05) is 32.8 Å². The summed E-state index contributed by atoms with van der Waals surface area (Å²) >= 11 is 0. The number of hydrogen-bond donors (Lipinski definition) is 5. The molecule has 0 aromatic heterocycles. The van der Waals surface area contributed by atoms with Gasteiger partial charge in [-0.3, -0.25) is 14.4 Å². The number of amides is 2. The number of carbonyl (C=O) groups excluding carboxylic acids is 3. The fraction of sp³-hybridized carbons (Fsp3) is 0.562. The molecule has 1 aliphatic heterocycles. The first-order valence-electron chi connectivity index (χ1n) is 14.7. The van der Waals surface area contributed by atoms with Crippen LogP contribution in [0.5, 0.6) is 0 Å². The van der Waals surface area contributed by atoms with Crippen molar-refractivity contribution < 1.29 is 38.9 Å². The summed E-state index contributed by atoms with van der Waals surface area (Å²) in [6, 6.07) is -0.786. The Bertz CT molecular complexity index is 1230. The Labute approximate surface area is 259 Å². The van der Waals surface area contributed by atoms with Gasteiger partial charge in [0.05, 0.1) is 35.7 Å². The number of fused-ring (bicyclic) bond motifs is 2. The summed E-state index contributed by atoms with van der Waals surface area (Å²) in [5, 5.41) is 29.0. The van der Waals surface area contributed by atoms with Gasteiger partial charge in [0.1, 0.15) is 0 Å². The van der Waals surface area contributed by atoms with Crippen molar-refractivity contribution in [1.29, 1.82) is 0 Å². The Morgan fingerprint density at radius 1 is 1.14 bits per heavy atom. The lowest BCUT2D eigenvalue weighted by molar-refractivity contribution is -0.120. The Morgan fingerprint density at radius 3 is 2.41 bits per heavy atom. The lowest BCUT2D eigenvalue weighted by Crippen LogP contribution is -2.44. The van der Waals surface area contributed by atoms with E-state index in [1.54, 1.807) is 32.1 Å². The fourth-order valence-electron chi connectivity index (χ4n) is 5.26. The molecule has 0 saturated heterocycles. The number of Topliss-reactive ketones (excluding diaryl/α,β-unsaturated/α-hetero) is 1. The first kappa shape index (κ1) is 36.6. The maximum Gasteiger partial charge on any atom is 0.405 e. The minimum atomic E-state index is -1.25. The van der Waals surface area contributed by atoms with Crippen LogP contribution in [0.4, 0.5) is 4.79 Å². The quantitative estimate of drug-likeness (QED) is 0.211. The van der Waals surface area contributed by atoms with E-state index in [0.29, 0.717) is 25.1 Å². The first-order valence-corrected chi connectivity index (χ1v) is 14.7. The molecule has 12 heteroatoms. The number of rotatable bonds is 7. The van der Waals surface area contributed by atoms with E-state index in [1.165, 1.54) is 20.3 Å².